The maximum atomic E-state index is 6.11. The Bertz CT molecular complexity index is 604. The largest absolute Gasteiger partial charge is 0.389 e. The molecular formula is C12H9BrClN3S. The molecule has 0 spiro atoms. The summed E-state index contributed by atoms with van der Waals surface area (Å²) in [5, 5.41) is 3.78. The Kier molecular flexibility index (Phi) is 4.16. The highest BCUT2D eigenvalue weighted by atomic mass is 79.9. The van der Waals surface area contributed by atoms with Gasteiger partial charge >= 0.3 is 0 Å². The van der Waals surface area contributed by atoms with Gasteiger partial charge in [-0.05, 0) is 24.3 Å². The second kappa shape index (κ2) is 5.65. The van der Waals surface area contributed by atoms with Crippen molar-refractivity contribution in [3.8, 4) is 0 Å². The van der Waals surface area contributed by atoms with Crippen LogP contribution in [0.4, 0.5) is 11.4 Å². The van der Waals surface area contributed by atoms with Crippen LogP contribution < -0.4 is 11.1 Å². The zero-order valence-corrected chi connectivity index (χ0v) is 12.3. The van der Waals surface area contributed by atoms with E-state index in [-0.39, 0.29) is 0 Å². The lowest BCUT2D eigenvalue weighted by atomic mass is 10.2. The molecule has 6 heteroatoms. The molecule has 18 heavy (non-hydrogen) atoms. The van der Waals surface area contributed by atoms with Crippen molar-refractivity contribution in [2.24, 2.45) is 5.73 Å². The maximum Gasteiger partial charge on any atom is 0.106 e. The summed E-state index contributed by atoms with van der Waals surface area (Å²) in [4.78, 5) is 4.35. The lowest BCUT2D eigenvalue weighted by molar-refractivity contribution is 1.31. The number of hydrogen-bond acceptors (Lipinski definition) is 3. The first kappa shape index (κ1) is 13.3. The molecular weight excluding hydrogens is 334 g/mol. The van der Waals surface area contributed by atoms with Crippen molar-refractivity contribution < 1.29 is 0 Å². The molecule has 0 aliphatic heterocycles. The van der Waals surface area contributed by atoms with E-state index in [2.05, 4.69) is 26.2 Å². The lowest BCUT2D eigenvalue weighted by Crippen LogP contribution is -2.12. The number of pyridine rings is 1. The summed E-state index contributed by atoms with van der Waals surface area (Å²) in [6.07, 6.45) is 3.30. The van der Waals surface area contributed by atoms with Crippen LogP contribution in [-0.4, -0.2) is 9.97 Å². The first-order valence-electron chi connectivity index (χ1n) is 5.04. The predicted molar refractivity (Wildman–Crippen MR) is 82.6 cm³/mol. The van der Waals surface area contributed by atoms with Crippen molar-refractivity contribution in [1.29, 1.82) is 0 Å². The highest BCUT2D eigenvalue weighted by molar-refractivity contribution is 9.10. The topological polar surface area (TPSA) is 50.9 Å². The summed E-state index contributed by atoms with van der Waals surface area (Å²) < 4.78 is 0.926. The zero-order chi connectivity index (χ0) is 13.1. The molecule has 0 aliphatic rings. The molecule has 1 heterocycles. The maximum absolute atomic E-state index is 6.11. The molecule has 0 bridgehead atoms. The quantitative estimate of drug-likeness (QED) is 0.831. The fraction of sp³-hybridized carbons (Fsp3) is 0. The van der Waals surface area contributed by atoms with Crippen molar-refractivity contribution in [2.45, 2.75) is 0 Å². The molecule has 0 radical (unpaired) electrons. The SMILES string of the molecule is NC(=S)c1ccncc1Nc1cc(Br)ccc1Cl. The van der Waals surface area contributed by atoms with Crippen LogP contribution >= 0.6 is 39.7 Å². The zero-order valence-electron chi connectivity index (χ0n) is 9.15. The molecule has 0 saturated heterocycles. The molecule has 2 rings (SSSR count). The van der Waals surface area contributed by atoms with Gasteiger partial charge in [0.2, 0.25) is 0 Å². The van der Waals surface area contributed by atoms with E-state index >= 15 is 0 Å². The van der Waals surface area contributed by atoms with Crippen molar-refractivity contribution in [3.05, 3.63) is 51.7 Å². The van der Waals surface area contributed by atoms with Crippen LogP contribution in [0.1, 0.15) is 5.56 Å². The number of rotatable bonds is 3. The fourth-order valence-corrected chi connectivity index (χ4v) is 2.15. The number of nitrogens with two attached hydrogens (primary N) is 1. The van der Waals surface area contributed by atoms with E-state index < -0.39 is 0 Å². The number of nitrogens with zero attached hydrogens (tertiary/aromatic N) is 1. The number of nitrogens with one attached hydrogen (secondary N) is 1. The third-order valence-corrected chi connectivity index (χ3v) is 3.33. The van der Waals surface area contributed by atoms with Gasteiger partial charge in [0.1, 0.15) is 4.99 Å². The Hall–Kier alpha value is -1.17. The van der Waals surface area contributed by atoms with Crippen molar-refractivity contribution in [2.75, 3.05) is 5.32 Å². The lowest BCUT2D eigenvalue weighted by Gasteiger charge is -2.12. The molecule has 0 aliphatic carbocycles. The van der Waals surface area contributed by atoms with Crippen LogP contribution in [-0.2, 0) is 0 Å². The van der Waals surface area contributed by atoms with E-state index in [0.29, 0.717) is 10.0 Å². The van der Waals surface area contributed by atoms with Gasteiger partial charge in [0.25, 0.3) is 0 Å². The van der Waals surface area contributed by atoms with Gasteiger partial charge in [-0.15, -0.1) is 0 Å². The monoisotopic (exact) mass is 341 g/mol. The van der Waals surface area contributed by atoms with Gasteiger partial charge < -0.3 is 11.1 Å². The normalized spacial score (nSPS) is 10.1. The fourth-order valence-electron chi connectivity index (χ4n) is 1.45. The Morgan fingerprint density at radius 1 is 1.33 bits per heavy atom. The first-order chi connectivity index (χ1) is 8.58. The van der Waals surface area contributed by atoms with Crippen molar-refractivity contribution >= 4 is 56.1 Å². The minimum atomic E-state index is 0.311. The second-order valence-electron chi connectivity index (χ2n) is 3.53. The molecule has 1 aromatic heterocycles. The summed E-state index contributed by atoms with van der Waals surface area (Å²) in [5.41, 5.74) is 7.88. The minimum absolute atomic E-state index is 0.311. The Morgan fingerprint density at radius 3 is 2.83 bits per heavy atom. The molecule has 3 nitrogen and oxygen atoms in total. The third-order valence-electron chi connectivity index (χ3n) is 2.28. The summed E-state index contributed by atoms with van der Waals surface area (Å²) in [7, 11) is 0. The predicted octanol–water partition coefficient (Wildman–Crippen LogP) is 3.88. The molecule has 0 amide bonds. The molecule has 0 atom stereocenters. The Balaban J connectivity index is 2.40. The molecule has 0 fully saturated rings. The molecule has 0 saturated carbocycles. The second-order valence-corrected chi connectivity index (χ2v) is 5.30. The third kappa shape index (κ3) is 2.98. The molecule has 3 N–H and O–H groups in total. The average Bonchev–Trinajstić information content (AvgIpc) is 2.34. The van der Waals surface area contributed by atoms with Crippen molar-refractivity contribution in [3.63, 3.8) is 0 Å². The number of benzene rings is 1. The molecule has 0 unspecified atom stereocenters. The van der Waals surface area contributed by atoms with Crippen molar-refractivity contribution in [1.82, 2.24) is 4.98 Å². The van der Waals surface area contributed by atoms with Crippen LogP contribution in [0.2, 0.25) is 5.02 Å². The van der Waals surface area contributed by atoms with Crippen LogP contribution in [0, 0.1) is 0 Å². The smallest absolute Gasteiger partial charge is 0.106 e. The Labute approximate surface area is 123 Å². The molecule has 92 valence electrons. The number of hydrogen-bond donors (Lipinski definition) is 2. The van der Waals surface area contributed by atoms with Gasteiger partial charge in [-0.2, -0.15) is 0 Å². The van der Waals surface area contributed by atoms with Crippen LogP contribution in [0.5, 0.6) is 0 Å². The highest BCUT2D eigenvalue weighted by Gasteiger charge is 2.07. The number of thiocarbonyl (C=S) groups is 1. The van der Waals surface area contributed by atoms with E-state index in [1.165, 1.54) is 0 Å². The van der Waals surface area contributed by atoms with Gasteiger partial charge in [-0.1, -0.05) is 39.7 Å². The van der Waals surface area contributed by atoms with Gasteiger partial charge in [0, 0.05) is 16.2 Å². The van der Waals surface area contributed by atoms with Gasteiger partial charge in [-0.25, -0.2) is 0 Å². The summed E-state index contributed by atoms with van der Waals surface area (Å²) >= 11 is 14.5. The number of halogens is 2. The Morgan fingerprint density at radius 2 is 2.11 bits per heavy atom. The summed E-state index contributed by atoms with van der Waals surface area (Å²) in [6.45, 7) is 0. The first-order valence-corrected chi connectivity index (χ1v) is 6.62. The number of anilines is 2. The van der Waals surface area contributed by atoms with Gasteiger partial charge in [0.05, 0.1) is 22.6 Å². The average molecular weight is 343 g/mol. The standard InChI is InChI=1S/C12H9BrClN3S/c13-7-1-2-9(14)10(5-7)17-11-6-16-4-3-8(11)12(15)18/h1-6,17H,(H2,15,18). The van der Waals surface area contributed by atoms with E-state index in [0.717, 1.165) is 21.4 Å². The van der Waals surface area contributed by atoms with E-state index in [1.54, 1.807) is 24.5 Å². The minimum Gasteiger partial charge on any atom is -0.389 e. The van der Waals surface area contributed by atoms with Gasteiger partial charge in [-0.3, -0.25) is 4.98 Å². The van der Waals surface area contributed by atoms with Gasteiger partial charge in [0.15, 0.2) is 0 Å². The van der Waals surface area contributed by atoms with E-state index in [1.807, 2.05) is 12.1 Å². The van der Waals surface area contributed by atoms with Crippen LogP contribution in [0.25, 0.3) is 0 Å². The highest BCUT2D eigenvalue weighted by Crippen LogP contribution is 2.29. The molecule has 2 aromatic rings. The van der Waals surface area contributed by atoms with Crippen LogP contribution in [0.3, 0.4) is 0 Å². The summed E-state index contributed by atoms with van der Waals surface area (Å²) in [6, 6.07) is 7.30. The van der Waals surface area contributed by atoms with E-state index in [4.69, 9.17) is 29.6 Å². The van der Waals surface area contributed by atoms with Crippen LogP contribution in [0.15, 0.2) is 41.1 Å². The van der Waals surface area contributed by atoms with E-state index in [9.17, 15) is 0 Å². The molecule has 1 aromatic carbocycles. The number of aromatic nitrogens is 1. The summed E-state index contributed by atoms with van der Waals surface area (Å²) in [5.74, 6) is 0.